The fraction of sp³-hybridized carbons (Fsp3) is 0.458. The Morgan fingerprint density at radius 2 is 1.59 bits per heavy atom. The summed E-state index contributed by atoms with van der Waals surface area (Å²) in [5, 5.41) is 6.55. The number of benzene rings is 2. The quantitative estimate of drug-likeness (QED) is 0.261. The molecule has 1 aromatic heterocycles. The molecule has 3 aromatic rings. The van der Waals surface area contributed by atoms with E-state index in [2.05, 4.69) is 11.4 Å². The van der Waals surface area contributed by atoms with Gasteiger partial charge in [0.2, 0.25) is 0 Å². The van der Waals surface area contributed by atoms with Gasteiger partial charge in [-0.15, -0.1) is 0 Å². The molecule has 0 spiro atoms. The minimum absolute atomic E-state index is 0.704. The van der Waals surface area contributed by atoms with Crippen LogP contribution in [0.15, 0.2) is 36.4 Å². The highest BCUT2D eigenvalue weighted by Crippen LogP contribution is 2.34. The van der Waals surface area contributed by atoms with Crippen LogP contribution in [-0.4, -0.2) is 25.2 Å². The smallest absolute Gasteiger partial charge is 0.119 e. The first-order valence-electron chi connectivity index (χ1n) is 10.7. The predicted octanol–water partition coefficient (Wildman–Crippen LogP) is 6.54. The summed E-state index contributed by atoms with van der Waals surface area (Å²) in [5.74, 6) is 0.838. The number of halogens is 1. The fourth-order valence-corrected chi connectivity index (χ4v) is 3.92. The van der Waals surface area contributed by atoms with E-state index in [0.29, 0.717) is 5.02 Å². The Bertz CT molecular complexity index is 929. The maximum Gasteiger partial charge on any atom is 0.119 e. The molecule has 0 aliphatic heterocycles. The van der Waals surface area contributed by atoms with E-state index >= 15 is 0 Å². The number of hydrogen-bond acceptors (Lipinski definition) is 4. The van der Waals surface area contributed by atoms with Crippen molar-refractivity contribution in [2.45, 2.75) is 51.4 Å². The summed E-state index contributed by atoms with van der Waals surface area (Å²) in [4.78, 5) is 4.79. The summed E-state index contributed by atoms with van der Waals surface area (Å²) < 4.78 is 5.43. The molecule has 0 saturated heterocycles. The average molecular weight is 414 g/mol. The van der Waals surface area contributed by atoms with Crippen LogP contribution in [-0.2, 0) is 0 Å². The number of fused-ring (bicyclic) bond motifs is 2. The van der Waals surface area contributed by atoms with Crippen LogP contribution in [0.2, 0.25) is 5.02 Å². The molecule has 0 unspecified atom stereocenters. The van der Waals surface area contributed by atoms with Gasteiger partial charge in [0, 0.05) is 22.3 Å². The average Bonchev–Trinajstić information content (AvgIpc) is 2.73. The van der Waals surface area contributed by atoms with Gasteiger partial charge in [0.15, 0.2) is 0 Å². The number of rotatable bonds is 12. The zero-order valence-corrected chi connectivity index (χ0v) is 18.1. The number of nitrogens with zero attached hydrogens (tertiary/aromatic N) is 1. The van der Waals surface area contributed by atoms with Crippen LogP contribution >= 0.6 is 11.6 Å². The monoisotopic (exact) mass is 413 g/mol. The van der Waals surface area contributed by atoms with Gasteiger partial charge in [-0.2, -0.15) is 0 Å². The van der Waals surface area contributed by atoms with Crippen molar-refractivity contribution < 1.29 is 4.74 Å². The lowest BCUT2D eigenvalue weighted by Gasteiger charge is -2.14. The maximum absolute atomic E-state index is 6.20. The number of ether oxygens (including phenoxy) is 1. The van der Waals surface area contributed by atoms with Gasteiger partial charge in [0.05, 0.1) is 23.8 Å². The molecule has 0 radical (unpaired) electrons. The lowest BCUT2D eigenvalue weighted by atomic mass is 10.1. The van der Waals surface area contributed by atoms with Crippen LogP contribution in [0, 0.1) is 0 Å². The first-order valence-corrected chi connectivity index (χ1v) is 11.1. The van der Waals surface area contributed by atoms with Gasteiger partial charge in [-0.05, 0) is 55.8 Å². The Hall–Kier alpha value is -2.04. The highest BCUT2D eigenvalue weighted by Gasteiger charge is 2.10. The lowest BCUT2D eigenvalue weighted by Crippen LogP contribution is -2.04. The van der Waals surface area contributed by atoms with Crippen molar-refractivity contribution in [3.05, 3.63) is 41.4 Å². The molecular formula is C24H32ClN3O. The van der Waals surface area contributed by atoms with Crippen molar-refractivity contribution in [3.8, 4) is 5.75 Å². The van der Waals surface area contributed by atoms with Gasteiger partial charge in [-0.1, -0.05) is 50.1 Å². The molecular weight excluding hydrogens is 382 g/mol. The number of unbranched alkanes of at least 4 members (excludes halogenated alkanes) is 7. The molecule has 2 aromatic carbocycles. The molecule has 0 aliphatic rings. The number of aromatic nitrogens is 1. The fourth-order valence-electron chi connectivity index (χ4n) is 3.76. The Morgan fingerprint density at radius 1 is 0.862 bits per heavy atom. The molecule has 3 rings (SSSR count). The van der Waals surface area contributed by atoms with Crippen LogP contribution < -0.4 is 15.8 Å². The van der Waals surface area contributed by atoms with Crippen molar-refractivity contribution in [1.29, 1.82) is 0 Å². The standard InChI is InChI=1S/C24H32ClN3O/c1-29-19-11-13-22-21(17-19)24(20-12-10-18(25)16-23(20)28-22)27-15-9-7-5-3-2-4-6-8-14-26/h10-13,16-17H,2-9,14-15,26H2,1H3,(H,27,28). The zero-order valence-electron chi connectivity index (χ0n) is 17.3. The van der Waals surface area contributed by atoms with Gasteiger partial charge in [-0.25, -0.2) is 4.98 Å². The summed E-state index contributed by atoms with van der Waals surface area (Å²) >= 11 is 6.20. The van der Waals surface area contributed by atoms with Gasteiger partial charge >= 0.3 is 0 Å². The number of anilines is 1. The SMILES string of the molecule is COc1ccc2nc3cc(Cl)ccc3c(NCCCCCCCCCCN)c2c1. The maximum atomic E-state index is 6.20. The number of nitrogens with one attached hydrogen (secondary N) is 1. The van der Waals surface area contributed by atoms with Crippen LogP contribution in [0.3, 0.4) is 0 Å². The Kier molecular flexibility index (Phi) is 8.38. The van der Waals surface area contributed by atoms with Crippen LogP contribution in [0.5, 0.6) is 5.75 Å². The third kappa shape index (κ3) is 5.97. The second-order valence-electron chi connectivity index (χ2n) is 7.58. The van der Waals surface area contributed by atoms with E-state index in [1.54, 1.807) is 7.11 Å². The van der Waals surface area contributed by atoms with Gasteiger partial charge in [-0.3, -0.25) is 0 Å². The molecule has 5 heteroatoms. The Labute approximate surface area is 178 Å². The molecule has 4 nitrogen and oxygen atoms in total. The first kappa shape index (κ1) is 21.7. The minimum Gasteiger partial charge on any atom is -0.497 e. The predicted molar refractivity (Wildman–Crippen MR) is 125 cm³/mol. The van der Waals surface area contributed by atoms with Crippen LogP contribution in [0.1, 0.15) is 51.4 Å². The van der Waals surface area contributed by atoms with Gasteiger partial charge in [0.25, 0.3) is 0 Å². The minimum atomic E-state index is 0.704. The van der Waals surface area contributed by atoms with E-state index in [4.69, 9.17) is 27.1 Å². The summed E-state index contributed by atoms with van der Waals surface area (Å²) in [6.07, 6.45) is 10.1. The molecule has 0 amide bonds. The molecule has 0 bridgehead atoms. The van der Waals surface area contributed by atoms with Crippen molar-refractivity contribution in [2.24, 2.45) is 5.73 Å². The van der Waals surface area contributed by atoms with Gasteiger partial charge < -0.3 is 15.8 Å². The molecule has 0 saturated carbocycles. The van der Waals surface area contributed by atoms with E-state index in [1.807, 2.05) is 30.3 Å². The van der Waals surface area contributed by atoms with Crippen LogP contribution in [0.4, 0.5) is 5.69 Å². The number of hydrogen-bond donors (Lipinski definition) is 2. The molecule has 29 heavy (non-hydrogen) atoms. The second kappa shape index (κ2) is 11.2. The number of pyridine rings is 1. The summed E-state index contributed by atoms with van der Waals surface area (Å²) in [5.41, 5.74) is 8.51. The van der Waals surface area contributed by atoms with E-state index in [-0.39, 0.29) is 0 Å². The summed E-state index contributed by atoms with van der Waals surface area (Å²) in [6, 6.07) is 11.9. The largest absolute Gasteiger partial charge is 0.497 e. The third-order valence-corrected chi connectivity index (χ3v) is 5.61. The molecule has 0 atom stereocenters. The Balaban J connectivity index is 1.64. The van der Waals surface area contributed by atoms with Crippen LogP contribution in [0.25, 0.3) is 21.8 Å². The van der Waals surface area contributed by atoms with E-state index in [0.717, 1.165) is 59.2 Å². The molecule has 156 valence electrons. The summed E-state index contributed by atoms with van der Waals surface area (Å²) in [6.45, 7) is 1.77. The van der Waals surface area contributed by atoms with E-state index < -0.39 is 0 Å². The molecule has 3 N–H and O–H groups in total. The highest BCUT2D eigenvalue weighted by atomic mass is 35.5. The molecule has 1 heterocycles. The zero-order chi connectivity index (χ0) is 20.5. The second-order valence-corrected chi connectivity index (χ2v) is 8.01. The molecule has 0 fully saturated rings. The van der Waals surface area contributed by atoms with E-state index in [1.165, 1.54) is 38.5 Å². The molecule has 0 aliphatic carbocycles. The summed E-state index contributed by atoms with van der Waals surface area (Å²) in [7, 11) is 1.69. The van der Waals surface area contributed by atoms with Crippen molar-refractivity contribution in [3.63, 3.8) is 0 Å². The highest BCUT2D eigenvalue weighted by molar-refractivity contribution is 6.31. The van der Waals surface area contributed by atoms with Crippen molar-refractivity contribution in [2.75, 3.05) is 25.5 Å². The normalized spacial score (nSPS) is 11.3. The number of methoxy groups -OCH3 is 1. The van der Waals surface area contributed by atoms with E-state index in [9.17, 15) is 0 Å². The third-order valence-electron chi connectivity index (χ3n) is 5.38. The van der Waals surface area contributed by atoms with Gasteiger partial charge in [0.1, 0.15) is 5.75 Å². The number of nitrogens with two attached hydrogens (primary N) is 1. The van der Waals surface area contributed by atoms with Crippen molar-refractivity contribution in [1.82, 2.24) is 4.98 Å². The Morgan fingerprint density at radius 3 is 2.31 bits per heavy atom. The van der Waals surface area contributed by atoms with Crippen molar-refractivity contribution >= 4 is 39.1 Å². The lowest BCUT2D eigenvalue weighted by molar-refractivity contribution is 0.415. The first-order chi connectivity index (χ1) is 14.2. The topological polar surface area (TPSA) is 60.2 Å².